The predicted molar refractivity (Wildman–Crippen MR) is 104 cm³/mol. The quantitative estimate of drug-likeness (QED) is 0.371. The Morgan fingerprint density at radius 3 is 2.38 bits per heavy atom. The zero-order valence-electron chi connectivity index (χ0n) is 13.6. The second-order valence-corrected chi connectivity index (χ2v) is 7.80. The maximum atomic E-state index is 11.9. The zero-order chi connectivity index (χ0) is 19.3. The molecule has 0 aliphatic heterocycles. The van der Waals surface area contributed by atoms with Crippen molar-refractivity contribution in [3.8, 4) is 0 Å². The molecule has 0 spiro atoms. The number of ether oxygens (including phenoxy) is 1. The molecular weight excluding hydrogens is 421 g/mol. The number of halogens is 3. The Labute approximate surface area is 169 Å². The normalized spacial score (nSPS) is 10.5. The third-order valence-electron chi connectivity index (χ3n) is 3.22. The maximum absolute atomic E-state index is 11.9. The van der Waals surface area contributed by atoms with E-state index in [4.69, 9.17) is 39.5 Å². The lowest BCUT2D eigenvalue weighted by molar-refractivity contribution is -0.147. The molecule has 2 rings (SSSR count). The molecule has 1 N–H and O–H groups in total. The summed E-state index contributed by atoms with van der Waals surface area (Å²) in [5.74, 6) is -1.35. The van der Waals surface area contributed by atoms with Crippen LogP contribution in [0.3, 0.4) is 0 Å². The van der Waals surface area contributed by atoms with Gasteiger partial charge in [-0.05, 0) is 31.2 Å². The van der Waals surface area contributed by atoms with Gasteiger partial charge in [-0.2, -0.15) is 0 Å². The van der Waals surface area contributed by atoms with Gasteiger partial charge in [0.1, 0.15) is 0 Å². The van der Waals surface area contributed by atoms with Gasteiger partial charge in [0.2, 0.25) is 0 Å². The summed E-state index contributed by atoms with van der Waals surface area (Å²) in [6.45, 7) is 1.40. The summed E-state index contributed by atoms with van der Waals surface area (Å²) in [6, 6.07) is 6.36. The molecule has 0 radical (unpaired) electrons. The number of ketones is 1. The number of Topliss-reactive ketones (excluding diaryl/α,β-unsaturated/α-hetero) is 1. The molecule has 0 bridgehead atoms. The van der Waals surface area contributed by atoms with E-state index in [0.29, 0.717) is 4.88 Å². The van der Waals surface area contributed by atoms with Crippen LogP contribution in [0.2, 0.25) is 15.1 Å². The van der Waals surface area contributed by atoms with E-state index in [-0.39, 0.29) is 39.4 Å². The SMILES string of the molecule is Cc1ccc(C(=O)CCC(=O)OCC(=O)Nc2cc(Cl)c(Cl)cc2Cl)s1. The van der Waals surface area contributed by atoms with E-state index in [1.54, 1.807) is 6.07 Å². The van der Waals surface area contributed by atoms with Crippen LogP contribution in [-0.4, -0.2) is 24.3 Å². The molecule has 26 heavy (non-hydrogen) atoms. The molecule has 0 unspecified atom stereocenters. The first-order chi connectivity index (χ1) is 12.3. The standard InChI is InChI=1S/C17H14Cl3NO4S/c1-9-2-4-15(26-9)14(22)3-5-17(24)25-8-16(23)21-13-7-11(19)10(18)6-12(13)20/h2,4,6-7H,3,5,8H2,1H3,(H,21,23). The molecule has 1 aromatic carbocycles. The van der Waals surface area contributed by atoms with Gasteiger partial charge >= 0.3 is 5.97 Å². The van der Waals surface area contributed by atoms with Crippen molar-refractivity contribution in [3.63, 3.8) is 0 Å². The van der Waals surface area contributed by atoms with E-state index in [2.05, 4.69) is 5.32 Å². The van der Waals surface area contributed by atoms with Crippen molar-refractivity contribution < 1.29 is 19.1 Å². The molecule has 0 saturated carbocycles. The van der Waals surface area contributed by atoms with Crippen LogP contribution in [0, 0.1) is 6.92 Å². The molecule has 5 nitrogen and oxygen atoms in total. The lowest BCUT2D eigenvalue weighted by atomic mass is 10.2. The van der Waals surface area contributed by atoms with Crippen molar-refractivity contribution in [2.45, 2.75) is 19.8 Å². The number of hydrogen-bond acceptors (Lipinski definition) is 5. The van der Waals surface area contributed by atoms with Crippen molar-refractivity contribution in [1.82, 2.24) is 0 Å². The van der Waals surface area contributed by atoms with Crippen molar-refractivity contribution in [3.05, 3.63) is 49.1 Å². The number of carbonyl (C=O) groups is 3. The first-order valence-electron chi connectivity index (χ1n) is 7.46. The molecule has 0 atom stereocenters. The van der Waals surface area contributed by atoms with Crippen molar-refractivity contribution in [2.24, 2.45) is 0 Å². The number of amides is 1. The van der Waals surface area contributed by atoms with E-state index in [1.807, 2.05) is 13.0 Å². The minimum absolute atomic E-state index is 0.0268. The Hall–Kier alpha value is -1.60. The van der Waals surface area contributed by atoms with E-state index >= 15 is 0 Å². The highest BCUT2D eigenvalue weighted by Gasteiger charge is 2.14. The van der Waals surface area contributed by atoms with Crippen molar-refractivity contribution >= 4 is 69.5 Å². The summed E-state index contributed by atoms with van der Waals surface area (Å²) < 4.78 is 4.86. The molecule has 138 valence electrons. The number of carbonyl (C=O) groups excluding carboxylic acids is 3. The largest absolute Gasteiger partial charge is 0.456 e. The molecule has 9 heteroatoms. The molecule has 1 aromatic heterocycles. The Morgan fingerprint density at radius 1 is 1.04 bits per heavy atom. The zero-order valence-corrected chi connectivity index (χ0v) is 16.7. The summed E-state index contributed by atoms with van der Waals surface area (Å²) in [5, 5.41) is 3.16. The Morgan fingerprint density at radius 2 is 1.73 bits per heavy atom. The molecule has 0 aliphatic carbocycles. The number of thiophene rings is 1. The Kier molecular flexibility index (Phi) is 7.46. The van der Waals surface area contributed by atoms with Crippen LogP contribution in [0.15, 0.2) is 24.3 Å². The summed E-state index contributed by atoms with van der Waals surface area (Å²) in [6.07, 6.45) is -0.0738. The van der Waals surface area contributed by atoms with Crippen molar-refractivity contribution in [1.29, 1.82) is 0 Å². The highest BCUT2D eigenvalue weighted by atomic mass is 35.5. The van der Waals surface area contributed by atoms with Gasteiger partial charge in [0, 0.05) is 11.3 Å². The van der Waals surface area contributed by atoms with Gasteiger partial charge in [0.25, 0.3) is 5.91 Å². The average Bonchev–Trinajstić information content (AvgIpc) is 3.02. The lowest BCUT2D eigenvalue weighted by Gasteiger charge is -2.09. The predicted octanol–water partition coefficient (Wildman–Crippen LogP) is 5.16. The van der Waals surface area contributed by atoms with Gasteiger partial charge in [-0.3, -0.25) is 14.4 Å². The summed E-state index contributed by atoms with van der Waals surface area (Å²) in [4.78, 5) is 37.1. The molecule has 0 aliphatic rings. The lowest BCUT2D eigenvalue weighted by Crippen LogP contribution is -2.21. The molecule has 1 amide bonds. The second-order valence-electron chi connectivity index (χ2n) is 5.29. The first kappa shape index (κ1) is 20.7. The molecular formula is C17H14Cl3NO4S. The second kappa shape index (κ2) is 9.37. The fourth-order valence-electron chi connectivity index (χ4n) is 1.95. The molecule has 0 fully saturated rings. The summed E-state index contributed by atoms with van der Waals surface area (Å²) in [5.41, 5.74) is 0.255. The number of hydrogen-bond donors (Lipinski definition) is 1. The first-order valence-corrected chi connectivity index (χ1v) is 9.41. The minimum Gasteiger partial charge on any atom is -0.456 e. The highest BCUT2D eigenvalue weighted by molar-refractivity contribution is 7.14. The number of nitrogens with one attached hydrogen (secondary N) is 1. The third kappa shape index (κ3) is 5.99. The fourth-order valence-corrected chi connectivity index (χ4v) is 3.38. The van der Waals surface area contributed by atoms with E-state index < -0.39 is 18.5 Å². The van der Waals surface area contributed by atoms with Gasteiger partial charge in [-0.15, -0.1) is 11.3 Å². The van der Waals surface area contributed by atoms with Gasteiger partial charge in [0.05, 0.1) is 32.1 Å². The summed E-state index contributed by atoms with van der Waals surface area (Å²) >= 11 is 19.0. The van der Waals surface area contributed by atoms with Gasteiger partial charge in [-0.25, -0.2) is 0 Å². The summed E-state index contributed by atoms with van der Waals surface area (Å²) in [7, 11) is 0. The topological polar surface area (TPSA) is 72.5 Å². The fraction of sp³-hybridized carbons (Fsp3) is 0.235. The Balaban J connectivity index is 1.77. The van der Waals surface area contributed by atoms with Gasteiger partial charge in [-0.1, -0.05) is 34.8 Å². The highest BCUT2D eigenvalue weighted by Crippen LogP contribution is 2.32. The number of aryl methyl sites for hydroxylation is 1. The van der Waals surface area contributed by atoms with Crippen LogP contribution < -0.4 is 5.32 Å². The van der Waals surface area contributed by atoms with Gasteiger partial charge < -0.3 is 10.1 Å². The Bertz CT molecular complexity index is 851. The van der Waals surface area contributed by atoms with E-state index in [1.165, 1.54) is 23.5 Å². The van der Waals surface area contributed by atoms with Crippen molar-refractivity contribution in [2.75, 3.05) is 11.9 Å². The van der Waals surface area contributed by atoms with Crippen LogP contribution in [0.4, 0.5) is 5.69 Å². The van der Waals surface area contributed by atoms with Crippen LogP contribution in [0.25, 0.3) is 0 Å². The molecule has 2 aromatic rings. The molecule has 0 saturated heterocycles. The average molecular weight is 435 g/mol. The van der Waals surface area contributed by atoms with E-state index in [9.17, 15) is 14.4 Å². The number of rotatable bonds is 7. The maximum Gasteiger partial charge on any atom is 0.306 e. The van der Waals surface area contributed by atoms with Crippen LogP contribution >= 0.6 is 46.1 Å². The minimum atomic E-state index is -0.637. The van der Waals surface area contributed by atoms with Gasteiger partial charge in [0.15, 0.2) is 12.4 Å². The molecule has 1 heterocycles. The third-order valence-corrected chi connectivity index (χ3v) is 5.30. The van der Waals surface area contributed by atoms with Crippen LogP contribution in [0.1, 0.15) is 27.4 Å². The van der Waals surface area contributed by atoms with E-state index in [0.717, 1.165) is 4.88 Å². The smallest absolute Gasteiger partial charge is 0.306 e. The van der Waals surface area contributed by atoms with Crippen LogP contribution in [0.5, 0.6) is 0 Å². The van der Waals surface area contributed by atoms with Crippen LogP contribution in [-0.2, 0) is 14.3 Å². The number of esters is 1. The monoisotopic (exact) mass is 433 g/mol. The number of anilines is 1. The number of benzene rings is 1.